The first kappa shape index (κ1) is 10.8. The van der Waals surface area contributed by atoms with Crippen molar-refractivity contribution in [3.63, 3.8) is 0 Å². The van der Waals surface area contributed by atoms with Crippen LogP contribution in [0.3, 0.4) is 0 Å². The standard InChI is InChI=1S/C10H7BrN2O3/c11-6-3-1-5(2-4-6)7-8(14)12-10(16)13-9(7)15/h1-4,7H,(H2,12,13,14,15,16). The molecule has 1 aromatic carbocycles. The molecule has 0 unspecified atom stereocenters. The topological polar surface area (TPSA) is 75.3 Å². The Labute approximate surface area is 99.3 Å². The third-order valence-corrected chi connectivity index (χ3v) is 2.73. The minimum Gasteiger partial charge on any atom is -0.277 e. The Morgan fingerprint density at radius 3 is 1.94 bits per heavy atom. The maximum Gasteiger partial charge on any atom is 0.328 e. The number of barbiturate groups is 1. The third kappa shape index (κ3) is 1.96. The Hall–Kier alpha value is -1.69. The summed E-state index contributed by atoms with van der Waals surface area (Å²) in [4.78, 5) is 33.8. The zero-order chi connectivity index (χ0) is 11.7. The van der Waals surface area contributed by atoms with Crippen molar-refractivity contribution < 1.29 is 14.4 Å². The number of hydrogen-bond donors (Lipinski definition) is 2. The summed E-state index contributed by atoms with van der Waals surface area (Å²) >= 11 is 3.25. The van der Waals surface area contributed by atoms with Gasteiger partial charge in [-0.15, -0.1) is 0 Å². The fourth-order valence-corrected chi connectivity index (χ4v) is 1.74. The van der Waals surface area contributed by atoms with Gasteiger partial charge in [-0.1, -0.05) is 28.1 Å². The lowest BCUT2D eigenvalue weighted by molar-refractivity contribution is -0.132. The van der Waals surface area contributed by atoms with E-state index < -0.39 is 23.8 Å². The minimum atomic E-state index is -0.967. The van der Waals surface area contributed by atoms with Crippen LogP contribution in [-0.4, -0.2) is 17.8 Å². The summed E-state index contributed by atoms with van der Waals surface area (Å²) in [6.07, 6.45) is 0. The smallest absolute Gasteiger partial charge is 0.277 e. The number of hydrogen-bond acceptors (Lipinski definition) is 3. The van der Waals surface area contributed by atoms with Gasteiger partial charge < -0.3 is 0 Å². The molecule has 0 bridgehead atoms. The Morgan fingerprint density at radius 2 is 1.44 bits per heavy atom. The zero-order valence-electron chi connectivity index (χ0n) is 7.99. The lowest BCUT2D eigenvalue weighted by Gasteiger charge is -2.20. The van der Waals surface area contributed by atoms with Gasteiger partial charge in [0.2, 0.25) is 11.8 Å². The summed E-state index contributed by atoms with van der Waals surface area (Å²) in [6, 6.07) is 6.00. The van der Waals surface area contributed by atoms with Gasteiger partial charge in [0.25, 0.3) is 0 Å². The van der Waals surface area contributed by atoms with Gasteiger partial charge in [0.05, 0.1) is 0 Å². The second-order valence-electron chi connectivity index (χ2n) is 3.29. The van der Waals surface area contributed by atoms with Crippen LogP contribution in [0, 0.1) is 0 Å². The van der Waals surface area contributed by atoms with Crippen molar-refractivity contribution in [3.8, 4) is 0 Å². The van der Waals surface area contributed by atoms with Gasteiger partial charge in [0.1, 0.15) is 5.92 Å². The maximum atomic E-state index is 11.5. The molecule has 0 atom stereocenters. The van der Waals surface area contributed by atoms with E-state index in [4.69, 9.17) is 0 Å². The number of imide groups is 2. The van der Waals surface area contributed by atoms with Crippen LogP contribution >= 0.6 is 15.9 Å². The highest BCUT2D eigenvalue weighted by atomic mass is 79.9. The van der Waals surface area contributed by atoms with E-state index in [0.717, 1.165) is 4.47 Å². The van der Waals surface area contributed by atoms with Gasteiger partial charge >= 0.3 is 6.03 Å². The molecule has 0 aliphatic carbocycles. The van der Waals surface area contributed by atoms with Crippen LogP contribution in [0.5, 0.6) is 0 Å². The first-order chi connectivity index (χ1) is 7.58. The highest BCUT2D eigenvalue weighted by Crippen LogP contribution is 2.20. The minimum absolute atomic E-state index is 0.547. The highest BCUT2D eigenvalue weighted by molar-refractivity contribution is 9.10. The summed E-state index contributed by atoms with van der Waals surface area (Å²) in [5.41, 5.74) is 0.547. The molecular formula is C10H7BrN2O3. The van der Waals surface area contributed by atoms with E-state index in [0.29, 0.717) is 5.56 Å². The van der Waals surface area contributed by atoms with Gasteiger partial charge in [0, 0.05) is 4.47 Å². The third-order valence-electron chi connectivity index (χ3n) is 2.20. The molecule has 1 aliphatic heterocycles. The van der Waals surface area contributed by atoms with Crippen LogP contribution in [0.2, 0.25) is 0 Å². The molecule has 4 amide bonds. The van der Waals surface area contributed by atoms with Gasteiger partial charge in [0.15, 0.2) is 0 Å². The van der Waals surface area contributed by atoms with E-state index >= 15 is 0 Å². The largest absolute Gasteiger partial charge is 0.328 e. The lowest BCUT2D eigenvalue weighted by Crippen LogP contribution is -2.54. The number of benzene rings is 1. The molecule has 1 heterocycles. The van der Waals surface area contributed by atoms with Crippen LogP contribution in [0.1, 0.15) is 11.5 Å². The number of urea groups is 1. The molecule has 0 spiro atoms. The Morgan fingerprint density at radius 1 is 0.938 bits per heavy atom. The van der Waals surface area contributed by atoms with E-state index in [1.54, 1.807) is 24.3 Å². The molecule has 0 aromatic heterocycles. The fraction of sp³-hybridized carbons (Fsp3) is 0.100. The fourth-order valence-electron chi connectivity index (χ4n) is 1.48. The van der Waals surface area contributed by atoms with Crippen molar-refractivity contribution in [3.05, 3.63) is 34.3 Å². The molecule has 5 nitrogen and oxygen atoms in total. The number of rotatable bonds is 1. The summed E-state index contributed by atoms with van der Waals surface area (Å²) in [7, 11) is 0. The first-order valence-corrected chi connectivity index (χ1v) is 5.28. The molecule has 2 rings (SSSR count). The van der Waals surface area contributed by atoms with Crippen LogP contribution < -0.4 is 10.6 Å². The molecule has 1 fully saturated rings. The Balaban J connectivity index is 2.32. The maximum absolute atomic E-state index is 11.5. The molecule has 16 heavy (non-hydrogen) atoms. The summed E-state index contributed by atoms with van der Waals surface area (Å²) in [6.45, 7) is 0. The van der Waals surface area contributed by atoms with Crippen molar-refractivity contribution in [1.29, 1.82) is 0 Å². The number of carbonyl (C=O) groups is 3. The van der Waals surface area contributed by atoms with Gasteiger partial charge in [-0.05, 0) is 17.7 Å². The quantitative estimate of drug-likeness (QED) is 0.752. The Bertz CT molecular complexity index is 449. The lowest BCUT2D eigenvalue weighted by atomic mass is 9.96. The molecule has 1 aromatic rings. The predicted octanol–water partition coefficient (Wildman–Crippen LogP) is 0.899. The normalized spacial score (nSPS) is 16.9. The first-order valence-electron chi connectivity index (χ1n) is 4.49. The number of carbonyl (C=O) groups excluding carboxylic acids is 3. The molecule has 0 saturated carbocycles. The Kier molecular flexibility index (Phi) is 2.74. The van der Waals surface area contributed by atoms with Gasteiger partial charge in [-0.2, -0.15) is 0 Å². The molecule has 6 heteroatoms. The predicted molar refractivity (Wildman–Crippen MR) is 58.6 cm³/mol. The van der Waals surface area contributed by atoms with Crippen molar-refractivity contribution in [2.45, 2.75) is 5.92 Å². The second kappa shape index (κ2) is 4.05. The summed E-state index contributed by atoms with van der Waals surface area (Å²) in [5.74, 6) is -2.17. The van der Waals surface area contributed by atoms with Crippen molar-refractivity contribution in [2.24, 2.45) is 0 Å². The number of halogens is 1. The van der Waals surface area contributed by atoms with Crippen molar-refractivity contribution >= 4 is 33.8 Å². The molecule has 1 saturated heterocycles. The van der Waals surface area contributed by atoms with Crippen LogP contribution in [0.15, 0.2) is 28.7 Å². The van der Waals surface area contributed by atoms with Crippen molar-refractivity contribution in [1.82, 2.24) is 10.6 Å². The average molecular weight is 283 g/mol. The van der Waals surface area contributed by atoms with Crippen LogP contribution in [0.25, 0.3) is 0 Å². The molecular weight excluding hydrogens is 276 g/mol. The molecule has 0 radical (unpaired) electrons. The van der Waals surface area contributed by atoms with E-state index in [9.17, 15) is 14.4 Å². The average Bonchev–Trinajstić information content (AvgIpc) is 2.19. The zero-order valence-corrected chi connectivity index (χ0v) is 9.58. The van der Waals surface area contributed by atoms with E-state index in [1.807, 2.05) is 0 Å². The van der Waals surface area contributed by atoms with E-state index in [1.165, 1.54) is 0 Å². The summed E-state index contributed by atoms with van der Waals surface area (Å²) < 4.78 is 0.851. The molecule has 82 valence electrons. The molecule has 2 N–H and O–H groups in total. The monoisotopic (exact) mass is 282 g/mol. The molecule has 1 aliphatic rings. The van der Waals surface area contributed by atoms with E-state index in [2.05, 4.69) is 26.6 Å². The van der Waals surface area contributed by atoms with Crippen LogP contribution in [0.4, 0.5) is 4.79 Å². The number of nitrogens with one attached hydrogen (secondary N) is 2. The van der Waals surface area contributed by atoms with Gasteiger partial charge in [-0.25, -0.2) is 4.79 Å². The summed E-state index contributed by atoms with van der Waals surface area (Å²) in [5, 5.41) is 4.10. The highest BCUT2D eigenvalue weighted by Gasteiger charge is 2.35. The van der Waals surface area contributed by atoms with E-state index in [-0.39, 0.29) is 0 Å². The van der Waals surface area contributed by atoms with Gasteiger partial charge in [-0.3, -0.25) is 20.2 Å². The second-order valence-corrected chi connectivity index (χ2v) is 4.21. The van der Waals surface area contributed by atoms with Crippen molar-refractivity contribution in [2.75, 3.05) is 0 Å². The number of amides is 4. The van der Waals surface area contributed by atoms with Crippen LogP contribution in [-0.2, 0) is 9.59 Å². The SMILES string of the molecule is O=C1NC(=O)C(c2ccc(Br)cc2)C(=O)N1.